The molecule has 1 saturated heterocycles. The largest absolute Gasteiger partial charge is 0.497 e. The first kappa shape index (κ1) is 30.4. The molecule has 0 saturated carbocycles. The third-order valence-electron chi connectivity index (χ3n) is 8.19. The molecule has 0 aliphatic carbocycles. The molecule has 0 spiro atoms. The summed E-state index contributed by atoms with van der Waals surface area (Å²) in [5.41, 5.74) is 2.72. The Labute approximate surface area is 264 Å². The lowest BCUT2D eigenvalue weighted by Gasteiger charge is -2.26. The first-order valence-electron chi connectivity index (χ1n) is 15.0. The molecule has 10 nitrogen and oxygen atoms in total. The lowest BCUT2D eigenvalue weighted by Crippen LogP contribution is -2.40. The molecule has 4 aromatic rings. The summed E-state index contributed by atoms with van der Waals surface area (Å²) in [6.45, 7) is 7.11. The number of hydrogen-bond acceptors (Lipinski definition) is 8. The Hall–Kier alpha value is -4.64. The zero-order chi connectivity index (χ0) is 31.8. The van der Waals surface area contributed by atoms with Gasteiger partial charge in [-0.25, -0.2) is 9.79 Å². The number of aromatic nitrogens is 2. The van der Waals surface area contributed by atoms with E-state index in [1.165, 1.54) is 15.9 Å². The van der Waals surface area contributed by atoms with Crippen LogP contribution in [0.1, 0.15) is 50.8 Å². The molecule has 0 radical (unpaired) electrons. The van der Waals surface area contributed by atoms with Crippen molar-refractivity contribution in [1.82, 2.24) is 14.0 Å². The van der Waals surface area contributed by atoms with Crippen LogP contribution in [0.3, 0.4) is 0 Å². The van der Waals surface area contributed by atoms with Crippen LogP contribution in [0, 0.1) is 0 Å². The molecule has 4 heterocycles. The van der Waals surface area contributed by atoms with E-state index in [4.69, 9.17) is 19.2 Å². The minimum absolute atomic E-state index is 0.0858. The van der Waals surface area contributed by atoms with Gasteiger partial charge < -0.3 is 23.7 Å². The molecule has 2 aliphatic heterocycles. The van der Waals surface area contributed by atoms with Crippen molar-refractivity contribution in [3.8, 4) is 11.5 Å². The quantitative estimate of drug-likeness (QED) is 0.275. The number of benzene rings is 2. The number of rotatable bonds is 8. The lowest BCUT2D eigenvalue weighted by atomic mass is 9.94. The van der Waals surface area contributed by atoms with Crippen LogP contribution in [0.2, 0.25) is 0 Å². The Morgan fingerprint density at radius 3 is 2.56 bits per heavy atom. The molecule has 11 heteroatoms. The van der Waals surface area contributed by atoms with Crippen LogP contribution in [0.4, 0.5) is 0 Å². The maximum atomic E-state index is 14.3. The highest BCUT2D eigenvalue weighted by atomic mass is 32.1. The normalized spacial score (nSPS) is 16.7. The van der Waals surface area contributed by atoms with E-state index < -0.39 is 12.0 Å². The number of carbonyl (C=O) groups is 2. The van der Waals surface area contributed by atoms with Gasteiger partial charge in [0.2, 0.25) is 5.91 Å². The third kappa shape index (κ3) is 5.68. The number of esters is 1. The van der Waals surface area contributed by atoms with Crippen LogP contribution in [-0.2, 0) is 20.9 Å². The van der Waals surface area contributed by atoms with Crippen molar-refractivity contribution in [3.63, 3.8) is 0 Å². The van der Waals surface area contributed by atoms with Gasteiger partial charge in [0.15, 0.2) is 4.80 Å². The van der Waals surface area contributed by atoms with Crippen molar-refractivity contribution in [3.05, 3.63) is 90.7 Å². The highest BCUT2D eigenvalue weighted by Gasteiger charge is 2.36. The number of para-hydroxylation sites is 1. The summed E-state index contributed by atoms with van der Waals surface area (Å²) in [6.07, 6.45) is 5.46. The molecular formula is C34H36N4O6S. The monoisotopic (exact) mass is 628 g/mol. The lowest BCUT2D eigenvalue weighted by molar-refractivity contribution is -0.143. The Balaban J connectivity index is 1.52. The fourth-order valence-corrected chi connectivity index (χ4v) is 7.12. The van der Waals surface area contributed by atoms with Gasteiger partial charge in [-0.3, -0.25) is 14.2 Å². The van der Waals surface area contributed by atoms with E-state index in [-0.39, 0.29) is 29.7 Å². The van der Waals surface area contributed by atoms with Crippen molar-refractivity contribution in [2.24, 2.45) is 4.99 Å². The van der Waals surface area contributed by atoms with E-state index in [1.54, 1.807) is 53.2 Å². The second-order valence-electron chi connectivity index (χ2n) is 11.5. The number of hydrogen-bond donors (Lipinski definition) is 0. The fourth-order valence-electron chi connectivity index (χ4n) is 6.08. The van der Waals surface area contributed by atoms with Crippen LogP contribution in [0.15, 0.2) is 69.7 Å². The molecule has 1 fully saturated rings. The number of methoxy groups -OCH3 is 2. The Bertz CT molecular complexity index is 2010. The summed E-state index contributed by atoms with van der Waals surface area (Å²) in [5.74, 6) is 0.574. The van der Waals surface area contributed by atoms with E-state index in [9.17, 15) is 14.4 Å². The van der Waals surface area contributed by atoms with Crippen LogP contribution >= 0.6 is 11.3 Å². The zero-order valence-corrected chi connectivity index (χ0v) is 26.8. The summed E-state index contributed by atoms with van der Waals surface area (Å²) in [4.78, 5) is 48.0. The van der Waals surface area contributed by atoms with Crippen LogP contribution < -0.4 is 24.4 Å². The van der Waals surface area contributed by atoms with Gasteiger partial charge >= 0.3 is 5.97 Å². The second-order valence-corrected chi connectivity index (χ2v) is 12.5. The van der Waals surface area contributed by atoms with E-state index in [0.29, 0.717) is 32.1 Å². The maximum absolute atomic E-state index is 14.3. The molecule has 1 amide bonds. The number of allylic oxidation sites excluding steroid dienone is 1. The van der Waals surface area contributed by atoms with E-state index in [2.05, 4.69) is 0 Å². The van der Waals surface area contributed by atoms with Crippen LogP contribution in [0.25, 0.3) is 17.0 Å². The molecular weight excluding hydrogens is 592 g/mol. The summed E-state index contributed by atoms with van der Waals surface area (Å²) in [5, 5.41) is 0.931. The molecule has 2 aromatic carbocycles. The number of ether oxygens (including phenoxy) is 3. The molecule has 2 aromatic heterocycles. The van der Waals surface area contributed by atoms with Gasteiger partial charge in [0.25, 0.3) is 5.56 Å². The topological polar surface area (TPSA) is 104 Å². The van der Waals surface area contributed by atoms with Gasteiger partial charge in [0, 0.05) is 41.3 Å². The smallest absolute Gasteiger partial charge is 0.338 e. The standard InChI is InChI=1S/C34H36N4O6S/c1-20(2)44-33(41)30-21(3)35-34-38(31(30)25-17-23(42-4)12-13-27(25)43-5)32(40)28(45-34)16-22-18-37(26-11-7-6-10-24(22)26)19-29(39)36-14-8-9-15-36/h6-7,10-13,16-18,20,31H,8-9,14-15,19H2,1-5H3/b28-16-/t31-/m1/s1. The molecule has 45 heavy (non-hydrogen) atoms. The molecule has 6 rings (SSSR count). The first-order valence-corrected chi connectivity index (χ1v) is 15.8. The number of carbonyl (C=O) groups excluding carboxylic acids is 2. The Morgan fingerprint density at radius 1 is 1.09 bits per heavy atom. The Morgan fingerprint density at radius 2 is 1.84 bits per heavy atom. The summed E-state index contributed by atoms with van der Waals surface area (Å²) in [6, 6.07) is 12.3. The van der Waals surface area contributed by atoms with Gasteiger partial charge in [-0.15, -0.1) is 0 Å². The van der Waals surface area contributed by atoms with Crippen molar-refractivity contribution >= 4 is 40.2 Å². The van der Waals surface area contributed by atoms with Gasteiger partial charge in [-0.1, -0.05) is 29.5 Å². The number of likely N-dealkylation sites (tertiary alicyclic amines) is 1. The number of amides is 1. The number of fused-ring (bicyclic) bond motifs is 2. The van der Waals surface area contributed by atoms with Crippen molar-refractivity contribution in [2.75, 3.05) is 27.3 Å². The van der Waals surface area contributed by atoms with Crippen molar-refractivity contribution in [2.45, 2.75) is 52.3 Å². The number of thiazole rings is 1. The highest BCUT2D eigenvalue weighted by Crippen LogP contribution is 2.38. The van der Waals surface area contributed by atoms with E-state index in [1.807, 2.05) is 46.0 Å². The van der Waals surface area contributed by atoms with Crippen LogP contribution in [0.5, 0.6) is 11.5 Å². The predicted octanol–water partition coefficient (Wildman–Crippen LogP) is 3.78. The fraction of sp³-hybridized carbons (Fsp3) is 0.353. The number of nitrogens with zero attached hydrogens (tertiary/aromatic N) is 4. The molecule has 0 N–H and O–H groups in total. The molecule has 234 valence electrons. The third-order valence-corrected chi connectivity index (χ3v) is 9.17. The maximum Gasteiger partial charge on any atom is 0.338 e. The summed E-state index contributed by atoms with van der Waals surface area (Å²) in [7, 11) is 3.10. The van der Waals surface area contributed by atoms with E-state index >= 15 is 0 Å². The summed E-state index contributed by atoms with van der Waals surface area (Å²) < 4.78 is 20.8. The first-order chi connectivity index (χ1) is 21.7. The average Bonchev–Trinajstić information content (AvgIpc) is 3.75. The van der Waals surface area contributed by atoms with Gasteiger partial charge in [0.1, 0.15) is 24.1 Å². The minimum atomic E-state index is -0.862. The van der Waals surface area contributed by atoms with Gasteiger partial charge in [-0.2, -0.15) is 0 Å². The second kappa shape index (κ2) is 12.4. The summed E-state index contributed by atoms with van der Waals surface area (Å²) >= 11 is 1.25. The van der Waals surface area contributed by atoms with Crippen molar-refractivity contribution in [1.29, 1.82) is 0 Å². The van der Waals surface area contributed by atoms with Crippen LogP contribution in [-0.4, -0.2) is 59.3 Å². The molecule has 2 aliphatic rings. The minimum Gasteiger partial charge on any atom is -0.497 e. The predicted molar refractivity (Wildman–Crippen MR) is 172 cm³/mol. The Kier molecular flexibility index (Phi) is 8.37. The van der Waals surface area contributed by atoms with E-state index in [0.717, 1.165) is 42.4 Å². The zero-order valence-electron chi connectivity index (χ0n) is 26.0. The highest BCUT2D eigenvalue weighted by molar-refractivity contribution is 7.07. The SMILES string of the molecule is COc1ccc(OC)c([C@@H]2C(C(=O)OC(C)C)=C(C)N=c3s/c(=C\c4cn(CC(=O)N5CCCC5)c5ccccc45)c(=O)n32)c1. The molecule has 1 atom stereocenters. The van der Waals surface area contributed by atoms with Gasteiger partial charge in [-0.05, 0) is 64.0 Å². The van der Waals surface area contributed by atoms with Gasteiger partial charge in [0.05, 0.1) is 36.1 Å². The molecule has 0 unspecified atom stereocenters. The molecule has 0 bridgehead atoms. The van der Waals surface area contributed by atoms with Crippen molar-refractivity contribution < 1.29 is 23.8 Å². The average molecular weight is 629 g/mol.